The van der Waals surface area contributed by atoms with E-state index in [2.05, 4.69) is 50.5 Å². The standard InChI is InChI=1S/C12H19BrN6/c1-4-14-6-10-7-18(17-15-10)8-11-12(13)9(3)16-19(11)5-2/h7,14H,4-6,8H2,1-3H3. The van der Waals surface area contributed by atoms with Crippen LogP contribution in [-0.2, 0) is 19.6 Å². The number of nitrogens with one attached hydrogen (secondary N) is 1. The summed E-state index contributed by atoms with van der Waals surface area (Å²) in [4.78, 5) is 0. The summed E-state index contributed by atoms with van der Waals surface area (Å²) in [5.74, 6) is 0. The molecule has 2 aromatic heterocycles. The summed E-state index contributed by atoms with van der Waals surface area (Å²) in [5, 5.41) is 16.0. The lowest BCUT2D eigenvalue weighted by atomic mass is 10.3. The third-order valence-electron chi connectivity index (χ3n) is 2.91. The molecule has 0 spiro atoms. The first-order chi connectivity index (χ1) is 9.15. The van der Waals surface area contributed by atoms with Gasteiger partial charge in [-0.05, 0) is 36.3 Å². The molecular weight excluding hydrogens is 308 g/mol. The Balaban J connectivity index is 2.14. The first kappa shape index (κ1) is 14.2. The molecule has 19 heavy (non-hydrogen) atoms. The fraction of sp³-hybridized carbons (Fsp3) is 0.583. The Hall–Kier alpha value is -1.21. The lowest BCUT2D eigenvalue weighted by Gasteiger charge is -2.04. The maximum Gasteiger partial charge on any atom is 0.0964 e. The molecule has 0 unspecified atom stereocenters. The summed E-state index contributed by atoms with van der Waals surface area (Å²) in [6.07, 6.45) is 1.97. The first-order valence-corrected chi connectivity index (χ1v) is 7.26. The first-order valence-electron chi connectivity index (χ1n) is 6.47. The van der Waals surface area contributed by atoms with E-state index in [0.717, 1.165) is 41.2 Å². The lowest BCUT2D eigenvalue weighted by Crippen LogP contribution is -2.12. The van der Waals surface area contributed by atoms with E-state index in [-0.39, 0.29) is 0 Å². The van der Waals surface area contributed by atoms with Crippen LogP contribution in [0, 0.1) is 6.92 Å². The minimum atomic E-state index is 0.675. The summed E-state index contributed by atoms with van der Waals surface area (Å²) in [5.41, 5.74) is 3.09. The summed E-state index contributed by atoms with van der Waals surface area (Å²) in [7, 11) is 0. The van der Waals surface area contributed by atoms with Crippen molar-refractivity contribution in [2.24, 2.45) is 0 Å². The summed E-state index contributed by atoms with van der Waals surface area (Å²) in [6, 6.07) is 0. The topological polar surface area (TPSA) is 60.6 Å². The van der Waals surface area contributed by atoms with Crippen molar-refractivity contribution in [3.8, 4) is 0 Å². The second kappa shape index (κ2) is 6.29. The number of nitrogens with zero attached hydrogens (tertiary/aromatic N) is 5. The molecule has 0 atom stereocenters. The largest absolute Gasteiger partial charge is 0.311 e. The average Bonchev–Trinajstić information content (AvgIpc) is 2.96. The SMILES string of the molecule is CCNCc1cn(Cc2c(Br)c(C)nn2CC)nn1. The van der Waals surface area contributed by atoms with Gasteiger partial charge in [0.1, 0.15) is 0 Å². The maximum atomic E-state index is 4.48. The van der Waals surface area contributed by atoms with Gasteiger partial charge in [0.25, 0.3) is 0 Å². The van der Waals surface area contributed by atoms with Crippen molar-refractivity contribution in [3.05, 3.63) is 27.8 Å². The molecular formula is C12H19BrN6. The van der Waals surface area contributed by atoms with E-state index in [1.807, 2.05) is 22.5 Å². The molecule has 0 radical (unpaired) electrons. The van der Waals surface area contributed by atoms with E-state index >= 15 is 0 Å². The van der Waals surface area contributed by atoms with Crippen LogP contribution in [0.1, 0.15) is 30.9 Å². The quantitative estimate of drug-likeness (QED) is 0.878. The van der Waals surface area contributed by atoms with Crippen LogP contribution < -0.4 is 5.32 Å². The number of hydrogen-bond acceptors (Lipinski definition) is 4. The maximum absolute atomic E-state index is 4.48. The van der Waals surface area contributed by atoms with E-state index < -0.39 is 0 Å². The number of halogens is 1. The zero-order chi connectivity index (χ0) is 13.8. The van der Waals surface area contributed by atoms with Gasteiger partial charge in [-0.25, -0.2) is 4.68 Å². The van der Waals surface area contributed by atoms with Crippen LogP contribution in [0.15, 0.2) is 10.7 Å². The smallest absolute Gasteiger partial charge is 0.0964 e. The van der Waals surface area contributed by atoms with Crippen molar-refractivity contribution in [1.82, 2.24) is 30.1 Å². The number of aromatic nitrogens is 5. The average molecular weight is 327 g/mol. The van der Waals surface area contributed by atoms with E-state index in [1.165, 1.54) is 0 Å². The van der Waals surface area contributed by atoms with E-state index in [4.69, 9.17) is 0 Å². The summed E-state index contributed by atoms with van der Waals surface area (Å²) < 4.78 is 4.89. The zero-order valence-electron chi connectivity index (χ0n) is 11.5. The Morgan fingerprint density at radius 2 is 2.16 bits per heavy atom. The molecule has 0 saturated carbocycles. The molecule has 0 aliphatic heterocycles. The molecule has 104 valence electrons. The highest BCUT2D eigenvalue weighted by Gasteiger charge is 2.13. The van der Waals surface area contributed by atoms with E-state index in [9.17, 15) is 0 Å². The number of aryl methyl sites for hydroxylation is 2. The lowest BCUT2D eigenvalue weighted by molar-refractivity contribution is 0.563. The molecule has 6 nitrogen and oxygen atoms in total. The predicted octanol–water partition coefficient (Wildman–Crippen LogP) is 1.72. The van der Waals surface area contributed by atoms with Crippen LogP contribution in [0.2, 0.25) is 0 Å². The molecule has 2 rings (SSSR count). The van der Waals surface area contributed by atoms with Crippen molar-refractivity contribution in [2.75, 3.05) is 6.54 Å². The molecule has 0 bridgehead atoms. The van der Waals surface area contributed by atoms with Crippen molar-refractivity contribution in [2.45, 2.75) is 40.4 Å². The van der Waals surface area contributed by atoms with Crippen molar-refractivity contribution in [1.29, 1.82) is 0 Å². The molecule has 0 fully saturated rings. The Kier molecular flexibility index (Phi) is 4.71. The molecule has 2 aromatic rings. The minimum Gasteiger partial charge on any atom is -0.311 e. The number of hydrogen-bond donors (Lipinski definition) is 1. The van der Waals surface area contributed by atoms with Gasteiger partial charge in [-0.1, -0.05) is 12.1 Å². The normalized spacial score (nSPS) is 11.2. The highest BCUT2D eigenvalue weighted by molar-refractivity contribution is 9.10. The molecule has 7 heteroatoms. The van der Waals surface area contributed by atoms with E-state index in [0.29, 0.717) is 6.54 Å². The molecule has 0 amide bonds. The van der Waals surface area contributed by atoms with Gasteiger partial charge in [-0.2, -0.15) is 5.10 Å². The predicted molar refractivity (Wildman–Crippen MR) is 76.8 cm³/mol. The minimum absolute atomic E-state index is 0.675. The van der Waals surface area contributed by atoms with E-state index in [1.54, 1.807) is 0 Å². The number of rotatable bonds is 6. The Morgan fingerprint density at radius 1 is 1.37 bits per heavy atom. The van der Waals surface area contributed by atoms with Gasteiger partial charge in [-0.3, -0.25) is 4.68 Å². The van der Waals surface area contributed by atoms with Gasteiger partial charge in [0.05, 0.1) is 34.3 Å². The van der Waals surface area contributed by atoms with Gasteiger partial charge in [-0.15, -0.1) is 5.10 Å². The van der Waals surface area contributed by atoms with Crippen LogP contribution in [0.5, 0.6) is 0 Å². The van der Waals surface area contributed by atoms with Crippen LogP contribution in [-0.4, -0.2) is 31.3 Å². The van der Waals surface area contributed by atoms with Crippen LogP contribution in [0.4, 0.5) is 0 Å². The van der Waals surface area contributed by atoms with Crippen LogP contribution in [0.25, 0.3) is 0 Å². The molecule has 0 saturated heterocycles. The van der Waals surface area contributed by atoms with Crippen molar-refractivity contribution >= 4 is 15.9 Å². The van der Waals surface area contributed by atoms with Gasteiger partial charge in [0.15, 0.2) is 0 Å². The van der Waals surface area contributed by atoms with Gasteiger partial charge >= 0.3 is 0 Å². The van der Waals surface area contributed by atoms with Gasteiger partial charge < -0.3 is 5.32 Å². The molecule has 1 N–H and O–H groups in total. The molecule has 0 aromatic carbocycles. The monoisotopic (exact) mass is 326 g/mol. The van der Waals surface area contributed by atoms with Crippen LogP contribution >= 0.6 is 15.9 Å². The highest BCUT2D eigenvalue weighted by Crippen LogP contribution is 2.21. The van der Waals surface area contributed by atoms with Crippen molar-refractivity contribution < 1.29 is 0 Å². The Labute approximate surface area is 121 Å². The van der Waals surface area contributed by atoms with Gasteiger partial charge in [0.2, 0.25) is 0 Å². The highest BCUT2D eigenvalue weighted by atomic mass is 79.9. The fourth-order valence-corrected chi connectivity index (χ4v) is 2.33. The second-order valence-electron chi connectivity index (χ2n) is 4.35. The summed E-state index contributed by atoms with van der Waals surface area (Å²) in [6.45, 7) is 9.36. The second-order valence-corrected chi connectivity index (χ2v) is 5.14. The molecule has 0 aliphatic carbocycles. The van der Waals surface area contributed by atoms with Crippen LogP contribution in [0.3, 0.4) is 0 Å². The third-order valence-corrected chi connectivity index (χ3v) is 3.94. The Bertz CT molecular complexity index is 544. The zero-order valence-corrected chi connectivity index (χ0v) is 13.1. The Morgan fingerprint density at radius 3 is 2.84 bits per heavy atom. The fourth-order valence-electron chi connectivity index (χ4n) is 1.92. The van der Waals surface area contributed by atoms with Crippen molar-refractivity contribution in [3.63, 3.8) is 0 Å². The van der Waals surface area contributed by atoms with Gasteiger partial charge in [0, 0.05) is 13.1 Å². The molecule has 0 aliphatic rings. The molecule has 2 heterocycles. The summed E-state index contributed by atoms with van der Waals surface area (Å²) >= 11 is 3.59. The third kappa shape index (κ3) is 3.22.